The van der Waals surface area contributed by atoms with Gasteiger partial charge in [-0.25, -0.2) is 0 Å². The van der Waals surface area contributed by atoms with E-state index < -0.39 is 0 Å². The highest BCUT2D eigenvalue weighted by Gasteiger charge is 2.32. The molecular weight excluding hydrogens is 188 g/mol. The normalized spacial score (nSPS) is 25.1. The largest absolute Gasteiger partial charge is 0.300 e. The molecule has 0 aromatic rings. The Morgan fingerprint density at radius 2 is 1.53 bits per heavy atom. The van der Waals surface area contributed by atoms with Gasteiger partial charge in [0.25, 0.3) is 0 Å². The van der Waals surface area contributed by atoms with Crippen LogP contribution in [0.1, 0.15) is 59.8 Å². The monoisotopic (exact) mass is 212 g/mol. The summed E-state index contributed by atoms with van der Waals surface area (Å²) in [6.45, 7) is 7.50. The number of carbonyl (C=O) groups is 2. The van der Waals surface area contributed by atoms with Crippen LogP contribution in [-0.2, 0) is 9.59 Å². The minimum atomic E-state index is 0.0289. The molecule has 1 unspecified atom stereocenters. The molecule has 0 heterocycles. The van der Waals surface area contributed by atoms with Crippen LogP contribution < -0.4 is 0 Å². The Hall–Kier alpha value is -0.660. The molecule has 0 amide bonds. The van der Waals surface area contributed by atoms with Crippen molar-refractivity contribution in [3.63, 3.8) is 0 Å². The minimum Gasteiger partial charge on any atom is -0.300 e. The van der Waals surface area contributed by atoms with Gasteiger partial charge in [-0.3, -0.25) is 9.59 Å². The van der Waals surface area contributed by atoms with Gasteiger partial charge in [-0.15, -0.1) is 0 Å². The average molecular weight is 212 g/mol. The lowest BCUT2D eigenvalue weighted by atomic mass is 9.74. The highest BCUT2D eigenvalue weighted by atomic mass is 16.1. The van der Waals surface area contributed by atoms with E-state index in [4.69, 9.17) is 0 Å². The molecule has 15 heavy (non-hydrogen) atoms. The van der Waals surface area contributed by atoms with Crippen molar-refractivity contribution in [1.82, 2.24) is 0 Å². The first kappa shape index (κ1) is 14.3. The summed E-state index contributed by atoms with van der Waals surface area (Å²) >= 11 is 0. The zero-order valence-electron chi connectivity index (χ0n) is 10.5. The summed E-state index contributed by atoms with van der Waals surface area (Å²) in [4.78, 5) is 22.8. The van der Waals surface area contributed by atoms with E-state index in [1.165, 1.54) is 0 Å². The number of hydrogen-bond donors (Lipinski definition) is 0. The predicted octanol–water partition coefficient (Wildman–Crippen LogP) is 3.39. The van der Waals surface area contributed by atoms with Gasteiger partial charge in [0.05, 0.1) is 0 Å². The third kappa shape index (κ3) is 4.15. The van der Waals surface area contributed by atoms with Crippen LogP contribution in [0.3, 0.4) is 0 Å². The Bertz CT molecular complexity index is 209. The van der Waals surface area contributed by atoms with Crippen LogP contribution in [0, 0.1) is 11.8 Å². The molecule has 2 nitrogen and oxygen atoms in total. The van der Waals surface area contributed by atoms with Crippen molar-refractivity contribution in [3.05, 3.63) is 0 Å². The molecular formula is C13H24O2. The van der Waals surface area contributed by atoms with E-state index in [2.05, 4.69) is 0 Å². The van der Waals surface area contributed by atoms with E-state index in [0.717, 1.165) is 25.7 Å². The molecule has 88 valence electrons. The molecule has 0 aliphatic heterocycles. The van der Waals surface area contributed by atoms with Gasteiger partial charge in [-0.2, -0.15) is 0 Å². The highest BCUT2D eigenvalue weighted by molar-refractivity contribution is 5.88. The van der Waals surface area contributed by atoms with Crippen LogP contribution >= 0.6 is 0 Å². The average Bonchev–Trinajstić information content (AvgIpc) is 2.30. The van der Waals surface area contributed by atoms with Gasteiger partial charge < -0.3 is 0 Å². The SMILES string of the molecule is CC.CCC(=O)C1CCCC[C@@H]1C(C)=O. The lowest BCUT2D eigenvalue weighted by Gasteiger charge is -2.28. The van der Waals surface area contributed by atoms with Crippen LogP contribution in [0.15, 0.2) is 0 Å². The number of carbonyl (C=O) groups excluding carboxylic acids is 2. The van der Waals surface area contributed by atoms with Crippen LogP contribution in [0.5, 0.6) is 0 Å². The van der Waals surface area contributed by atoms with Crippen molar-refractivity contribution in [1.29, 1.82) is 0 Å². The van der Waals surface area contributed by atoms with Gasteiger partial charge in [0.2, 0.25) is 0 Å². The van der Waals surface area contributed by atoms with Gasteiger partial charge in [0, 0.05) is 18.3 Å². The summed E-state index contributed by atoms with van der Waals surface area (Å²) in [6.07, 6.45) is 4.65. The Kier molecular flexibility index (Phi) is 7.27. The van der Waals surface area contributed by atoms with E-state index in [0.29, 0.717) is 6.42 Å². The maximum absolute atomic E-state index is 11.5. The molecule has 0 saturated heterocycles. The fraction of sp³-hybridized carbons (Fsp3) is 0.846. The lowest BCUT2D eigenvalue weighted by Crippen LogP contribution is -2.31. The van der Waals surface area contributed by atoms with Crippen molar-refractivity contribution >= 4 is 11.6 Å². The molecule has 0 radical (unpaired) electrons. The molecule has 0 aromatic carbocycles. The summed E-state index contributed by atoms with van der Waals surface area (Å²) in [5.41, 5.74) is 0. The minimum absolute atomic E-state index is 0.0289. The van der Waals surface area contributed by atoms with Crippen molar-refractivity contribution in [2.45, 2.75) is 59.8 Å². The molecule has 2 heteroatoms. The molecule has 2 atom stereocenters. The molecule has 0 aromatic heterocycles. The number of Topliss-reactive ketones (excluding diaryl/α,β-unsaturated/α-hetero) is 2. The summed E-state index contributed by atoms with van der Waals surface area (Å²) in [6, 6.07) is 0. The Morgan fingerprint density at radius 3 is 1.93 bits per heavy atom. The maximum Gasteiger partial charge on any atom is 0.136 e. The first-order chi connectivity index (χ1) is 7.16. The van der Waals surface area contributed by atoms with Gasteiger partial charge in [0.1, 0.15) is 11.6 Å². The smallest absolute Gasteiger partial charge is 0.136 e. The summed E-state index contributed by atoms with van der Waals surface area (Å²) < 4.78 is 0. The fourth-order valence-electron chi connectivity index (χ4n) is 2.27. The van der Waals surface area contributed by atoms with E-state index in [-0.39, 0.29) is 23.4 Å². The third-order valence-corrected chi connectivity index (χ3v) is 3.05. The quantitative estimate of drug-likeness (QED) is 0.718. The van der Waals surface area contributed by atoms with Gasteiger partial charge >= 0.3 is 0 Å². The first-order valence-electron chi connectivity index (χ1n) is 6.20. The first-order valence-corrected chi connectivity index (χ1v) is 6.20. The highest BCUT2D eigenvalue weighted by Crippen LogP contribution is 2.31. The standard InChI is InChI=1S/C11H18O2.C2H6/c1-3-11(13)10-7-5-4-6-9(10)8(2)12;1-2/h9-10H,3-7H2,1-2H3;1-2H3/t9-,10?;/m1./s1. The molecule has 1 rings (SSSR count). The predicted molar refractivity (Wildman–Crippen MR) is 62.8 cm³/mol. The molecule has 1 saturated carbocycles. The lowest BCUT2D eigenvalue weighted by molar-refractivity contribution is -0.132. The molecule has 0 spiro atoms. The van der Waals surface area contributed by atoms with Crippen molar-refractivity contribution in [2.24, 2.45) is 11.8 Å². The van der Waals surface area contributed by atoms with Crippen molar-refractivity contribution < 1.29 is 9.59 Å². The van der Waals surface area contributed by atoms with Crippen LogP contribution in [-0.4, -0.2) is 11.6 Å². The van der Waals surface area contributed by atoms with Crippen LogP contribution in [0.4, 0.5) is 0 Å². The zero-order chi connectivity index (χ0) is 11.8. The third-order valence-electron chi connectivity index (χ3n) is 3.05. The molecule has 1 aliphatic carbocycles. The van der Waals surface area contributed by atoms with Gasteiger partial charge in [-0.1, -0.05) is 33.6 Å². The number of hydrogen-bond acceptors (Lipinski definition) is 2. The Balaban J connectivity index is 0.000000921. The second-order valence-corrected chi connectivity index (χ2v) is 3.93. The summed E-state index contributed by atoms with van der Waals surface area (Å²) in [7, 11) is 0. The molecule has 0 N–H and O–H groups in total. The molecule has 1 fully saturated rings. The van der Waals surface area contributed by atoms with E-state index in [9.17, 15) is 9.59 Å². The second-order valence-electron chi connectivity index (χ2n) is 3.93. The Morgan fingerprint density at radius 1 is 1.07 bits per heavy atom. The fourth-order valence-corrected chi connectivity index (χ4v) is 2.27. The van der Waals surface area contributed by atoms with Gasteiger partial charge in [0.15, 0.2) is 0 Å². The number of rotatable bonds is 3. The van der Waals surface area contributed by atoms with Crippen LogP contribution in [0.2, 0.25) is 0 Å². The summed E-state index contributed by atoms with van der Waals surface area (Å²) in [5, 5.41) is 0. The second kappa shape index (κ2) is 7.61. The van der Waals surface area contributed by atoms with Gasteiger partial charge in [-0.05, 0) is 19.8 Å². The topological polar surface area (TPSA) is 34.1 Å². The van der Waals surface area contributed by atoms with Crippen LogP contribution in [0.25, 0.3) is 0 Å². The maximum atomic E-state index is 11.5. The zero-order valence-corrected chi connectivity index (χ0v) is 10.5. The Labute approximate surface area is 93.4 Å². The van der Waals surface area contributed by atoms with E-state index in [1.54, 1.807) is 6.92 Å². The van der Waals surface area contributed by atoms with E-state index >= 15 is 0 Å². The molecule has 0 bridgehead atoms. The van der Waals surface area contributed by atoms with Crippen molar-refractivity contribution in [3.8, 4) is 0 Å². The van der Waals surface area contributed by atoms with Crippen molar-refractivity contribution in [2.75, 3.05) is 0 Å². The number of ketones is 2. The molecule has 1 aliphatic rings. The summed E-state index contributed by atoms with van der Waals surface area (Å²) in [5.74, 6) is 0.545. The van der Waals surface area contributed by atoms with E-state index in [1.807, 2.05) is 20.8 Å².